The molecule has 0 radical (unpaired) electrons. The van der Waals surface area contributed by atoms with Crippen LogP contribution in [-0.4, -0.2) is 26.6 Å². The fourth-order valence-electron chi connectivity index (χ4n) is 2.51. The standard InChI is InChI=1S/C15H18N4O4S/c1-24(21,22)19-11-5-2-4-10(8-11)16-15(20)13-9-12(17-18-13)14-6-3-7-23-14/h2-8,12-13,17-19H,9H2,1H3,(H,16,20). The number of nitrogens with one attached hydrogen (secondary N) is 4. The Morgan fingerprint density at radius 1 is 1.21 bits per heavy atom. The Balaban J connectivity index is 1.62. The molecule has 2 heterocycles. The maximum atomic E-state index is 12.3. The number of amides is 1. The van der Waals surface area contributed by atoms with Crippen LogP contribution in [0.15, 0.2) is 47.1 Å². The molecule has 9 heteroatoms. The van der Waals surface area contributed by atoms with Gasteiger partial charge in [-0.15, -0.1) is 0 Å². The summed E-state index contributed by atoms with van der Waals surface area (Å²) < 4.78 is 30.2. The van der Waals surface area contributed by atoms with Gasteiger partial charge in [0.2, 0.25) is 15.9 Å². The topological polar surface area (TPSA) is 112 Å². The Bertz CT molecular complexity index is 820. The maximum absolute atomic E-state index is 12.3. The minimum Gasteiger partial charge on any atom is -0.468 e. The molecule has 1 aliphatic heterocycles. The minimum absolute atomic E-state index is 0.0750. The molecule has 1 fully saturated rings. The van der Waals surface area contributed by atoms with Gasteiger partial charge in [0.1, 0.15) is 11.8 Å². The molecular formula is C15H18N4O4S. The Labute approximate surface area is 139 Å². The van der Waals surface area contributed by atoms with Gasteiger partial charge in [-0.05, 0) is 36.8 Å². The number of anilines is 2. The molecule has 2 atom stereocenters. The van der Waals surface area contributed by atoms with E-state index in [1.54, 1.807) is 36.6 Å². The highest BCUT2D eigenvalue weighted by Gasteiger charge is 2.31. The van der Waals surface area contributed by atoms with E-state index >= 15 is 0 Å². The van der Waals surface area contributed by atoms with Crippen molar-refractivity contribution in [3.8, 4) is 0 Å². The van der Waals surface area contributed by atoms with Crippen molar-refractivity contribution in [3.05, 3.63) is 48.4 Å². The van der Waals surface area contributed by atoms with E-state index in [1.807, 2.05) is 6.07 Å². The van der Waals surface area contributed by atoms with Crippen LogP contribution in [0.25, 0.3) is 0 Å². The van der Waals surface area contributed by atoms with E-state index < -0.39 is 16.1 Å². The van der Waals surface area contributed by atoms with Gasteiger partial charge in [0.25, 0.3) is 0 Å². The first-order valence-electron chi connectivity index (χ1n) is 7.34. The van der Waals surface area contributed by atoms with Gasteiger partial charge in [0.05, 0.1) is 24.2 Å². The van der Waals surface area contributed by atoms with Crippen molar-refractivity contribution < 1.29 is 17.6 Å². The molecule has 2 unspecified atom stereocenters. The van der Waals surface area contributed by atoms with Crippen LogP contribution in [0.1, 0.15) is 18.2 Å². The van der Waals surface area contributed by atoms with Crippen molar-refractivity contribution in [2.75, 3.05) is 16.3 Å². The van der Waals surface area contributed by atoms with E-state index in [4.69, 9.17) is 4.42 Å². The second-order valence-electron chi connectivity index (χ2n) is 5.59. The van der Waals surface area contributed by atoms with E-state index in [2.05, 4.69) is 20.9 Å². The van der Waals surface area contributed by atoms with E-state index in [0.717, 1.165) is 12.0 Å². The predicted octanol–water partition coefficient (Wildman–Crippen LogP) is 1.20. The summed E-state index contributed by atoms with van der Waals surface area (Å²) in [7, 11) is -3.37. The van der Waals surface area contributed by atoms with E-state index in [-0.39, 0.29) is 11.9 Å². The van der Waals surface area contributed by atoms with Gasteiger partial charge in [-0.25, -0.2) is 19.3 Å². The Hall–Kier alpha value is -2.36. The number of benzene rings is 1. The van der Waals surface area contributed by atoms with Gasteiger partial charge < -0.3 is 9.73 Å². The lowest BCUT2D eigenvalue weighted by Crippen LogP contribution is -2.39. The molecule has 1 aromatic heterocycles. The van der Waals surface area contributed by atoms with Crippen molar-refractivity contribution >= 4 is 27.3 Å². The summed E-state index contributed by atoms with van der Waals surface area (Å²) in [5.41, 5.74) is 6.86. The molecule has 24 heavy (non-hydrogen) atoms. The molecule has 0 aliphatic carbocycles. The molecule has 0 spiro atoms. The van der Waals surface area contributed by atoms with E-state index in [1.165, 1.54) is 0 Å². The third-order valence-corrected chi connectivity index (χ3v) is 4.15. The van der Waals surface area contributed by atoms with Crippen molar-refractivity contribution in [1.82, 2.24) is 10.9 Å². The number of hydrazine groups is 1. The van der Waals surface area contributed by atoms with Crippen molar-refractivity contribution in [2.24, 2.45) is 0 Å². The summed E-state index contributed by atoms with van der Waals surface area (Å²) in [5, 5.41) is 2.77. The molecule has 0 saturated carbocycles. The first kappa shape index (κ1) is 16.5. The van der Waals surface area contributed by atoms with Gasteiger partial charge in [-0.3, -0.25) is 9.52 Å². The van der Waals surface area contributed by atoms with Crippen molar-refractivity contribution in [1.29, 1.82) is 0 Å². The van der Waals surface area contributed by atoms with Crippen LogP contribution in [0.2, 0.25) is 0 Å². The van der Waals surface area contributed by atoms with Crippen LogP contribution < -0.4 is 20.9 Å². The summed E-state index contributed by atoms with van der Waals surface area (Å²) in [4.78, 5) is 12.3. The molecule has 0 bridgehead atoms. The van der Waals surface area contributed by atoms with Gasteiger partial charge in [-0.2, -0.15) is 0 Å². The highest BCUT2D eigenvalue weighted by Crippen LogP contribution is 2.23. The second-order valence-corrected chi connectivity index (χ2v) is 7.34. The zero-order valence-electron chi connectivity index (χ0n) is 12.9. The van der Waals surface area contributed by atoms with Gasteiger partial charge in [-0.1, -0.05) is 6.07 Å². The fraction of sp³-hybridized carbons (Fsp3) is 0.267. The quantitative estimate of drug-likeness (QED) is 0.644. The third-order valence-electron chi connectivity index (χ3n) is 3.54. The lowest BCUT2D eigenvalue weighted by atomic mass is 10.1. The second kappa shape index (κ2) is 6.63. The molecular weight excluding hydrogens is 332 g/mol. The molecule has 2 aromatic rings. The highest BCUT2D eigenvalue weighted by atomic mass is 32.2. The zero-order chi connectivity index (χ0) is 17.2. The van der Waals surface area contributed by atoms with Gasteiger partial charge >= 0.3 is 0 Å². The number of hydrogen-bond acceptors (Lipinski definition) is 6. The highest BCUT2D eigenvalue weighted by molar-refractivity contribution is 7.92. The number of rotatable bonds is 5. The molecule has 1 saturated heterocycles. The SMILES string of the molecule is CS(=O)(=O)Nc1cccc(NC(=O)C2CC(c3ccco3)NN2)c1. The Kier molecular flexibility index (Phi) is 4.56. The van der Waals surface area contributed by atoms with Crippen LogP contribution in [0.5, 0.6) is 0 Å². The normalized spacial score (nSPS) is 20.7. The average molecular weight is 350 g/mol. The van der Waals surface area contributed by atoms with Crippen molar-refractivity contribution in [2.45, 2.75) is 18.5 Å². The van der Waals surface area contributed by atoms with Crippen LogP contribution in [0.3, 0.4) is 0 Å². The number of furan rings is 1. The van der Waals surface area contributed by atoms with Crippen LogP contribution >= 0.6 is 0 Å². The molecule has 3 rings (SSSR count). The Morgan fingerprint density at radius 3 is 2.71 bits per heavy atom. The minimum atomic E-state index is -3.37. The van der Waals surface area contributed by atoms with Crippen LogP contribution in [-0.2, 0) is 14.8 Å². The number of carbonyl (C=O) groups is 1. The molecule has 1 aromatic carbocycles. The number of sulfonamides is 1. The van der Waals surface area contributed by atoms with Crippen molar-refractivity contribution in [3.63, 3.8) is 0 Å². The summed E-state index contributed by atoms with van der Waals surface area (Å²) in [6.07, 6.45) is 3.20. The summed E-state index contributed by atoms with van der Waals surface area (Å²) in [6, 6.07) is 9.67. The largest absolute Gasteiger partial charge is 0.468 e. The van der Waals surface area contributed by atoms with E-state index in [9.17, 15) is 13.2 Å². The predicted molar refractivity (Wildman–Crippen MR) is 89.7 cm³/mol. The Morgan fingerprint density at radius 2 is 2.00 bits per heavy atom. The number of hydrogen-bond donors (Lipinski definition) is 4. The number of carbonyl (C=O) groups excluding carboxylic acids is 1. The van der Waals surface area contributed by atoms with Gasteiger partial charge in [0.15, 0.2) is 0 Å². The lowest BCUT2D eigenvalue weighted by Gasteiger charge is -2.12. The van der Waals surface area contributed by atoms with Crippen LogP contribution in [0.4, 0.5) is 11.4 Å². The monoisotopic (exact) mass is 350 g/mol. The zero-order valence-corrected chi connectivity index (χ0v) is 13.8. The molecule has 8 nitrogen and oxygen atoms in total. The summed E-state index contributed by atoms with van der Waals surface area (Å²) >= 11 is 0. The first-order valence-corrected chi connectivity index (χ1v) is 9.23. The fourth-order valence-corrected chi connectivity index (χ4v) is 3.06. The molecule has 4 N–H and O–H groups in total. The first-order chi connectivity index (χ1) is 11.4. The smallest absolute Gasteiger partial charge is 0.242 e. The summed E-state index contributed by atoms with van der Waals surface area (Å²) in [5.74, 6) is 0.546. The molecule has 1 aliphatic rings. The third kappa shape index (κ3) is 4.13. The molecule has 1 amide bonds. The van der Waals surface area contributed by atoms with Gasteiger partial charge in [0, 0.05) is 5.69 Å². The van der Waals surface area contributed by atoms with Crippen LogP contribution in [0, 0.1) is 0 Å². The summed E-state index contributed by atoms with van der Waals surface area (Å²) in [6.45, 7) is 0. The maximum Gasteiger partial charge on any atom is 0.242 e. The average Bonchev–Trinajstić information content (AvgIpc) is 3.17. The molecule has 128 valence electrons. The lowest BCUT2D eigenvalue weighted by molar-refractivity contribution is -0.117. The van der Waals surface area contributed by atoms with E-state index in [0.29, 0.717) is 17.8 Å².